The van der Waals surface area contributed by atoms with Gasteiger partial charge in [0.15, 0.2) is 5.89 Å². The topological polar surface area (TPSA) is 46.3 Å². The third kappa shape index (κ3) is 2.66. The summed E-state index contributed by atoms with van der Waals surface area (Å²) >= 11 is 1.72. The number of aromatic nitrogens is 1. The molecule has 0 N–H and O–H groups in total. The number of carbonyl (C=O) groups excluding carboxylic acids is 1. The predicted octanol–water partition coefficient (Wildman–Crippen LogP) is 2.58. The molecule has 2 aliphatic rings. The second kappa shape index (κ2) is 5.57. The predicted molar refractivity (Wildman–Crippen MR) is 75.2 cm³/mol. The zero-order valence-corrected chi connectivity index (χ0v) is 12.2. The van der Waals surface area contributed by atoms with Crippen molar-refractivity contribution in [2.24, 2.45) is 0 Å². The molecule has 0 radical (unpaired) electrons. The summed E-state index contributed by atoms with van der Waals surface area (Å²) in [5.74, 6) is 3.60. The van der Waals surface area contributed by atoms with Gasteiger partial charge in [0.2, 0.25) is 5.91 Å². The van der Waals surface area contributed by atoms with Gasteiger partial charge in [0, 0.05) is 31.1 Å². The molecule has 5 heteroatoms. The molecule has 0 unspecified atom stereocenters. The molecule has 1 saturated carbocycles. The number of hydrogen-bond donors (Lipinski definition) is 0. The number of hydrogen-bond acceptors (Lipinski definition) is 4. The van der Waals surface area contributed by atoms with E-state index in [-0.39, 0.29) is 5.91 Å². The van der Waals surface area contributed by atoms with Crippen molar-refractivity contribution in [3.63, 3.8) is 0 Å². The van der Waals surface area contributed by atoms with E-state index in [2.05, 4.69) is 4.98 Å². The molecule has 1 aromatic rings. The van der Waals surface area contributed by atoms with Crippen molar-refractivity contribution in [2.75, 3.05) is 18.6 Å². The molecule has 0 atom stereocenters. The van der Waals surface area contributed by atoms with Crippen LogP contribution in [0.2, 0.25) is 0 Å². The number of thioether (sulfide) groups is 1. The first-order valence-electron chi connectivity index (χ1n) is 7.03. The highest BCUT2D eigenvalue weighted by atomic mass is 32.2. The van der Waals surface area contributed by atoms with Gasteiger partial charge in [-0.1, -0.05) is 6.42 Å². The third-order valence-corrected chi connectivity index (χ3v) is 4.68. The number of nitrogens with zero attached hydrogens (tertiary/aromatic N) is 2. The molecular formula is C14H20N2O2S. The molecule has 4 nitrogen and oxygen atoms in total. The van der Waals surface area contributed by atoms with Gasteiger partial charge in [-0.15, -0.1) is 0 Å². The monoisotopic (exact) mass is 280 g/mol. The van der Waals surface area contributed by atoms with Crippen LogP contribution in [-0.2, 0) is 17.8 Å². The highest BCUT2D eigenvalue weighted by Gasteiger charge is 2.29. The summed E-state index contributed by atoms with van der Waals surface area (Å²) in [6, 6.07) is 0. The minimum absolute atomic E-state index is 0.244. The van der Waals surface area contributed by atoms with E-state index in [1.54, 1.807) is 11.8 Å². The van der Waals surface area contributed by atoms with Crippen LogP contribution in [0.3, 0.4) is 0 Å². The average molecular weight is 280 g/mol. The number of oxazole rings is 1. The van der Waals surface area contributed by atoms with Crippen LogP contribution in [0.1, 0.15) is 48.9 Å². The van der Waals surface area contributed by atoms with E-state index >= 15 is 0 Å². The summed E-state index contributed by atoms with van der Waals surface area (Å²) in [6.07, 6.45) is 7.18. The fraction of sp³-hybridized carbons (Fsp3) is 0.714. The molecule has 2 heterocycles. The van der Waals surface area contributed by atoms with E-state index in [1.165, 1.54) is 19.3 Å². The molecule has 3 rings (SSSR count). The Bertz CT molecular complexity index is 468. The van der Waals surface area contributed by atoms with Gasteiger partial charge in [-0.25, -0.2) is 4.98 Å². The molecule has 0 spiro atoms. The molecule has 1 aliphatic carbocycles. The van der Waals surface area contributed by atoms with Gasteiger partial charge in [0.25, 0.3) is 0 Å². The Labute approximate surface area is 117 Å². The van der Waals surface area contributed by atoms with Crippen molar-refractivity contribution >= 4 is 17.7 Å². The van der Waals surface area contributed by atoms with Crippen molar-refractivity contribution in [3.05, 3.63) is 17.3 Å². The molecule has 0 saturated heterocycles. The quantitative estimate of drug-likeness (QED) is 0.850. The highest BCUT2D eigenvalue weighted by molar-refractivity contribution is 7.98. The second-order valence-electron chi connectivity index (χ2n) is 5.36. The maximum atomic E-state index is 12.0. The largest absolute Gasteiger partial charge is 0.445 e. The van der Waals surface area contributed by atoms with Crippen LogP contribution in [0, 0.1) is 0 Å². The highest BCUT2D eigenvalue weighted by Crippen LogP contribution is 2.37. The number of fused-ring (bicyclic) bond motifs is 1. The maximum absolute atomic E-state index is 12.0. The fourth-order valence-corrected chi connectivity index (χ4v) is 2.99. The third-order valence-electron chi connectivity index (χ3n) is 4.07. The Balaban J connectivity index is 1.65. The van der Waals surface area contributed by atoms with Gasteiger partial charge in [0.05, 0.1) is 6.54 Å². The first kappa shape index (κ1) is 13.0. The SMILES string of the molecule is CSCCC(=O)N1CCc2oc(C3CCC3)nc2C1. The molecule has 1 fully saturated rings. The average Bonchev–Trinajstić information content (AvgIpc) is 2.75. The van der Waals surface area contributed by atoms with Crippen LogP contribution in [0.25, 0.3) is 0 Å². The fourth-order valence-electron chi connectivity index (χ4n) is 2.61. The standard InChI is InChI=1S/C14H20N2O2S/c1-19-8-6-13(17)16-7-5-12-11(9-16)15-14(18-12)10-3-2-4-10/h10H,2-9H2,1H3. The van der Waals surface area contributed by atoms with Gasteiger partial charge in [-0.05, 0) is 19.1 Å². The van der Waals surface area contributed by atoms with Crippen molar-refractivity contribution in [1.82, 2.24) is 9.88 Å². The zero-order valence-electron chi connectivity index (χ0n) is 11.4. The lowest BCUT2D eigenvalue weighted by atomic mass is 9.85. The first-order valence-corrected chi connectivity index (χ1v) is 8.42. The summed E-state index contributed by atoms with van der Waals surface area (Å²) < 4.78 is 5.87. The molecule has 1 aliphatic heterocycles. The van der Waals surface area contributed by atoms with E-state index in [9.17, 15) is 4.79 Å². The van der Waals surface area contributed by atoms with E-state index in [0.29, 0.717) is 18.9 Å². The van der Waals surface area contributed by atoms with Gasteiger partial charge >= 0.3 is 0 Å². The Kier molecular flexibility index (Phi) is 3.82. The minimum Gasteiger partial charge on any atom is -0.445 e. The Morgan fingerprint density at radius 3 is 3.05 bits per heavy atom. The van der Waals surface area contributed by atoms with E-state index in [1.807, 2.05) is 11.2 Å². The van der Waals surface area contributed by atoms with Crippen LogP contribution in [0.15, 0.2) is 4.42 Å². The van der Waals surface area contributed by atoms with Crippen LogP contribution < -0.4 is 0 Å². The number of rotatable bonds is 4. The lowest BCUT2D eigenvalue weighted by Crippen LogP contribution is -2.35. The Morgan fingerprint density at radius 1 is 1.53 bits per heavy atom. The second-order valence-corrected chi connectivity index (χ2v) is 6.34. The van der Waals surface area contributed by atoms with E-state index < -0.39 is 0 Å². The molecule has 104 valence electrons. The summed E-state index contributed by atoms with van der Waals surface area (Å²) in [5.41, 5.74) is 0.991. The Morgan fingerprint density at radius 2 is 2.37 bits per heavy atom. The molecule has 19 heavy (non-hydrogen) atoms. The van der Waals surface area contributed by atoms with Crippen LogP contribution in [0.5, 0.6) is 0 Å². The first-order chi connectivity index (χ1) is 9.28. The van der Waals surface area contributed by atoms with Crippen molar-refractivity contribution in [1.29, 1.82) is 0 Å². The molecular weight excluding hydrogens is 260 g/mol. The van der Waals surface area contributed by atoms with Crippen molar-refractivity contribution in [2.45, 2.75) is 44.6 Å². The summed E-state index contributed by atoms with van der Waals surface area (Å²) in [6.45, 7) is 1.41. The maximum Gasteiger partial charge on any atom is 0.223 e. The summed E-state index contributed by atoms with van der Waals surface area (Å²) in [5, 5.41) is 0. The number of amides is 1. The van der Waals surface area contributed by atoms with Crippen LogP contribution in [0.4, 0.5) is 0 Å². The van der Waals surface area contributed by atoms with Crippen LogP contribution in [-0.4, -0.2) is 34.3 Å². The number of carbonyl (C=O) groups is 1. The van der Waals surface area contributed by atoms with E-state index in [0.717, 1.165) is 36.1 Å². The minimum atomic E-state index is 0.244. The molecule has 0 bridgehead atoms. The zero-order chi connectivity index (χ0) is 13.2. The summed E-state index contributed by atoms with van der Waals surface area (Å²) in [4.78, 5) is 18.6. The lowest BCUT2D eigenvalue weighted by molar-refractivity contribution is -0.131. The van der Waals surface area contributed by atoms with Gasteiger partial charge in [-0.3, -0.25) is 4.79 Å². The normalized spacial score (nSPS) is 19.1. The van der Waals surface area contributed by atoms with Gasteiger partial charge in [-0.2, -0.15) is 11.8 Å². The van der Waals surface area contributed by atoms with Gasteiger partial charge in [0.1, 0.15) is 11.5 Å². The molecule has 1 amide bonds. The lowest BCUT2D eigenvalue weighted by Gasteiger charge is -2.25. The van der Waals surface area contributed by atoms with Crippen LogP contribution >= 0.6 is 11.8 Å². The Hall–Kier alpha value is -0.970. The smallest absolute Gasteiger partial charge is 0.223 e. The molecule has 1 aromatic heterocycles. The summed E-state index contributed by atoms with van der Waals surface area (Å²) in [7, 11) is 0. The van der Waals surface area contributed by atoms with E-state index in [4.69, 9.17) is 4.42 Å². The van der Waals surface area contributed by atoms with Crippen molar-refractivity contribution < 1.29 is 9.21 Å². The molecule has 0 aromatic carbocycles. The van der Waals surface area contributed by atoms with Gasteiger partial charge < -0.3 is 9.32 Å². The van der Waals surface area contributed by atoms with Crippen molar-refractivity contribution in [3.8, 4) is 0 Å².